The Bertz CT molecular complexity index is 938. The van der Waals surface area contributed by atoms with Crippen molar-refractivity contribution in [3.63, 3.8) is 0 Å². The Kier molecular flexibility index (Phi) is 5.96. The molecule has 1 aliphatic rings. The van der Waals surface area contributed by atoms with E-state index in [2.05, 4.69) is 5.32 Å². The summed E-state index contributed by atoms with van der Waals surface area (Å²) in [6.07, 6.45) is -0.0270. The molecule has 0 aromatic heterocycles. The molecule has 1 unspecified atom stereocenters. The number of nitrogens with zero attached hydrogens (tertiary/aromatic N) is 1. The molecule has 0 spiro atoms. The van der Waals surface area contributed by atoms with Crippen molar-refractivity contribution in [2.24, 2.45) is 5.92 Å². The molecule has 0 bridgehead atoms. The van der Waals surface area contributed by atoms with Gasteiger partial charge < -0.3 is 19.7 Å². The van der Waals surface area contributed by atoms with Gasteiger partial charge in [0, 0.05) is 19.0 Å². The maximum atomic E-state index is 14.0. The number of carbonyl (C=O) groups is 2. The molecule has 1 atom stereocenters. The SMILES string of the molecule is COc1cc(OC)c(N2CC(C(=O)Nc3cccc(Cl)c3F)CC2=O)cc1Cl. The van der Waals surface area contributed by atoms with Gasteiger partial charge in [-0.05, 0) is 18.2 Å². The lowest BCUT2D eigenvalue weighted by atomic mass is 10.1. The Balaban J connectivity index is 1.81. The average molecular weight is 427 g/mol. The average Bonchev–Trinajstić information content (AvgIpc) is 3.07. The van der Waals surface area contributed by atoms with E-state index in [4.69, 9.17) is 32.7 Å². The maximum absolute atomic E-state index is 14.0. The Morgan fingerprint density at radius 1 is 1.18 bits per heavy atom. The zero-order valence-corrected chi connectivity index (χ0v) is 16.6. The molecular formula is C19H17Cl2FN2O4. The van der Waals surface area contributed by atoms with Gasteiger partial charge in [0.05, 0.1) is 41.6 Å². The van der Waals surface area contributed by atoms with E-state index in [0.29, 0.717) is 22.2 Å². The highest BCUT2D eigenvalue weighted by Gasteiger charge is 2.37. The number of amides is 2. The van der Waals surface area contributed by atoms with E-state index in [1.165, 1.54) is 37.3 Å². The Hall–Kier alpha value is -2.51. The lowest BCUT2D eigenvalue weighted by Gasteiger charge is -2.21. The lowest BCUT2D eigenvalue weighted by molar-refractivity contribution is -0.122. The van der Waals surface area contributed by atoms with Crippen LogP contribution in [0.4, 0.5) is 15.8 Å². The lowest BCUT2D eigenvalue weighted by Crippen LogP contribution is -2.28. The summed E-state index contributed by atoms with van der Waals surface area (Å²) < 4.78 is 24.5. The van der Waals surface area contributed by atoms with Gasteiger partial charge in [-0.15, -0.1) is 0 Å². The fourth-order valence-electron chi connectivity index (χ4n) is 3.01. The number of ether oxygens (including phenoxy) is 2. The van der Waals surface area contributed by atoms with E-state index in [1.807, 2.05) is 0 Å². The van der Waals surface area contributed by atoms with Crippen molar-refractivity contribution >= 4 is 46.4 Å². The van der Waals surface area contributed by atoms with Gasteiger partial charge in [0.25, 0.3) is 0 Å². The van der Waals surface area contributed by atoms with Crippen molar-refractivity contribution < 1.29 is 23.5 Å². The molecule has 1 saturated heterocycles. The van der Waals surface area contributed by atoms with Crippen LogP contribution >= 0.6 is 23.2 Å². The first kappa shape index (κ1) is 20.2. The Labute approximate surface area is 171 Å². The monoisotopic (exact) mass is 426 g/mol. The number of hydrogen-bond donors (Lipinski definition) is 1. The first-order valence-corrected chi connectivity index (χ1v) is 9.08. The first-order chi connectivity index (χ1) is 13.3. The molecule has 28 heavy (non-hydrogen) atoms. The van der Waals surface area contributed by atoms with Crippen LogP contribution in [0.1, 0.15) is 6.42 Å². The minimum atomic E-state index is -0.720. The van der Waals surface area contributed by atoms with Crippen LogP contribution in [0.3, 0.4) is 0 Å². The molecule has 1 fully saturated rings. The Morgan fingerprint density at radius 2 is 1.89 bits per heavy atom. The second kappa shape index (κ2) is 8.24. The second-order valence-electron chi connectivity index (χ2n) is 6.15. The van der Waals surface area contributed by atoms with Gasteiger partial charge in [-0.3, -0.25) is 9.59 Å². The van der Waals surface area contributed by atoms with E-state index in [-0.39, 0.29) is 29.6 Å². The summed E-state index contributed by atoms with van der Waals surface area (Å²) in [5.74, 6) is -1.35. The van der Waals surface area contributed by atoms with Crippen molar-refractivity contribution in [3.05, 3.63) is 46.2 Å². The van der Waals surface area contributed by atoms with Crippen molar-refractivity contribution in [1.82, 2.24) is 0 Å². The number of carbonyl (C=O) groups excluding carboxylic acids is 2. The van der Waals surface area contributed by atoms with E-state index >= 15 is 0 Å². The summed E-state index contributed by atoms with van der Waals surface area (Å²) in [6, 6.07) is 7.43. The highest BCUT2D eigenvalue weighted by molar-refractivity contribution is 6.32. The van der Waals surface area contributed by atoms with E-state index < -0.39 is 17.6 Å². The standard InChI is InChI=1S/C19H17Cl2FN2O4/c1-27-15-8-16(28-2)14(7-12(15)21)24-9-10(6-17(24)25)19(26)23-13-5-3-4-11(20)18(13)22/h3-5,7-8,10H,6,9H2,1-2H3,(H,23,26). The second-order valence-corrected chi connectivity index (χ2v) is 6.97. The molecule has 0 aliphatic carbocycles. The van der Waals surface area contributed by atoms with Crippen LogP contribution < -0.4 is 19.7 Å². The number of benzene rings is 2. The van der Waals surface area contributed by atoms with E-state index in [0.717, 1.165) is 0 Å². The van der Waals surface area contributed by atoms with Gasteiger partial charge in [-0.2, -0.15) is 0 Å². The number of nitrogens with one attached hydrogen (secondary N) is 1. The summed E-state index contributed by atoms with van der Waals surface area (Å²) in [5.41, 5.74) is 0.399. The predicted octanol–water partition coefficient (Wildman–Crippen LogP) is 4.14. The molecule has 9 heteroatoms. The number of halogens is 3. The van der Waals surface area contributed by atoms with Gasteiger partial charge in [-0.1, -0.05) is 29.3 Å². The predicted molar refractivity (Wildman–Crippen MR) is 105 cm³/mol. The molecule has 1 aliphatic heterocycles. The van der Waals surface area contributed by atoms with E-state index in [1.54, 1.807) is 12.1 Å². The van der Waals surface area contributed by atoms with Crippen LogP contribution in [-0.2, 0) is 9.59 Å². The molecular weight excluding hydrogens is 410 g/mol. The van der Waals surface area contributed by atoms with Crippen molar-refractivity contribution in [1.29, 1.82) is 0 Å². The van der Waals surface area contributed by atoms with Crippen molar-refractivity contribution in [2.45, 2.75) is 6.42 Å². The van der Waals surface area contributed by atoms with Gasteiger partial charge in [0.1, 0.15) is 11.5 Å². The van der Waals surface area contributed by atoms with Crippen molar-refractivity contribution in [2.75, 3.05) is 31.0 Å². The van der Waals surface area contributed by atoms with Gasteiger partial charge in [0.15, 0.2) is 5.82 Å². The number of hydrogen-bond acceptors (Lipinski definition) is 4. The third-order valence-corrected chi connectivity index (χ3v) is 5.04. The topological polar surface area (TPSA) is 67.9 Å². The van der Waals surface area contributed by atoms with Crippen LogP contribution in [0.5, 0.6) is 11.5 Å². The zero-order valence-electron chi connectivity index (χ0n) is 15.1. The molecule has 6 nitrogen and oxygen atoms in total. The number of methoxy groups -OCH3 is 2. The molecule has 2 aromatic rings. The van der Waals surface area contributed by atoms with Gasteiger partial charge in [-0.25, -0.2) is 4.39 Å². The number of rotatable bonds is 5. The smallest absolute Gasteiger partial charge is 0.229 e. The molecule has 148 valence electrons. The summed E-state index contributed by atoms with van der Waals surface area (Å²) in [4.78, 5) is 26.5. The summed E-state index contributed by atoms with van der Waals surface area (Å²) in [6.45, 7) is 0.103. The first-order valence-electron chi connectivity index (χ1n) is 8.32. The minimum Gasteiger partial charge on any atom is -0.495 e. The van der Waals surface area contributed by atoms with Crippen LogP contribution in [0.15, 0.2) is 30.3 Å². The van der Waals surface area contributed by atoms with Crippen molar-refractivity contribution in [3.8, 4) is 11.5 Å². The third-order valence-electron chi connectivity index (χ3n) is 4.45. The van der Waals surface area contributed by atoms with Gasteiger partial charge >= 0.3 is 0 Å². The fraction of sp³-hybridized carbons (Fsp3) is 0.263. The summed E-state index contributed by atoms with van der Waals surface area (Å²) in [7, 11) is 2.93. The maximum Gasteiger partial charge on any atom is 0.229 e. The molecule has 1 N–H and O–H groups in total. The largest absolute Gasteiger partial charge is 0.495 e. The molecule has 2 amide bonds. The highest BCUT2D eigenvalue weighted by atomic mass is 35.5. The normalized spacial score (nSPS) is 16.2. The number of anilines is 2. The van der Waals surface area contributed by atoms with E-state index in [9.17, 15) is 14.0 Å². The van der Waals surface area contributed by atoms with Gasteiger partial charge in [0.2, 0.25) is 11.8 Å². The quantitative estimate of drug-likeness (QED) is 0.779. The fourth-order valence-corrected chi connectivity index (χ4v) is 3.42. The highest BCUT2D eigenvalue weighted by Crippen LogP contribution is 2.40. The Morgan fingerprint density at radius 3 is 2.57 bits per heavy atom. The summed E-state index contributed by atoms with van der Waals surface area (Å²) >= 11 is 11.9. The minimum absolute atomic E-state index is 0.0270. The molecule has 2 aromatic carbocycles. The molecule has 3 rings (SSSR count). The zero-order chi connectivity index (χ0) is 20.4. The van der Waals surface area contributed by atoms with Crippen LogP contribution in [0, 0.1) is 11.7 Å². The molecule has 1 heterocycles. The summed E-state index contributed by atoms with van der Waals surface area (Å²) in [5, 5.41) is 2.70. The van der Waals surface area contributed by atoms with Crippen LogP contribution in [-0.4, -0.2) is 32.6 Å². The van der Waals surface area contributed by atoms with Crippen LogP contribution in [0.25, 0.3) is 0 Å². The molecule has 0 radical (unpaired) electrons. The van der Waals surface area contributed by atoms with Crippen LogP contribution in [0.2, 0.25) is 10.0 Å². The molecule has 0 saturated carbocycles. The third kappa shape index (κ3) is 3.86.